The lowest BCUT2D eigenvalue weighted by Crippen LogP contribution is -1.91. The fourth-order valence-corrected chi connectivity index (χ4v) is 2.79. The van der Waals surface area contributed by atoms with Crippen LogP contribution in [0.2, 0.25) is 0 Å². The zero-order chi connectivity index (χ0) is 7.90. The molecule has 0 spiro atoms. The molecule has 2 heteroatoms. The third-order valence-corrected chi connectivity index (χ3v) is 3.71. The highest BCUT2D eigenvalue weighted by Crippen LogP contribution is 2.62. The lowest BCUT2D eigenvalue weighted by Gasteiger charge is -2.03. The van der Waals surface area contributed by atoms with Gasteiger partial charge in [-0.2, -0.15) is 0 Å². The SMILES string of the molecule is FC1(Cl)C2CCCCCCC21. The summed E-state index contributed by atoms with van der Waals surface area (Å²) in [5, 5.41) is -1.30. The Kier molecular flexibility index (Phi) is 1.87. The molecule has 2 unspecified atom stereocenters. The van der Waals surface area contributed by atoms with Crippen molar-refractivity contribution >= 4 is 11.6 Å². The second-order valence-corrected chi connectivity index (χ2v) is 4.46. The zero-order valence-electron chi connectivity index (χ0n) is 6.65. The molecule has 2 aliphatic rings. The van der Waals surface area contributed by atoms with E-state index in [0.717, 1.165) is 12.8 Å². The Hall–Kier alpha value is 0.220. The fourth-order valence-electron chi connectivity index (χ4n) is 2.33. The van der Waals surface area contributed by atoms with Crippen LogP contribution in [-0.2, 0) is 0 Å². The van der Waals surface area contributed by atoms with Crippen molar-refractivity contribution in [1.82, 2.24) is 0 Å². The van der Waals surface area contributed by atoms with E-state index in [2.05, 4.69) is 0 Å². The first-order valence-electron chi connectivity index (χ1n) is 4.61. The molecule has 2 fully saturated rings. The van der Waals surface area contributed by atoms with Gasteiger partial charge in [-0.1, -0.05) is 37.3 Å². The number of halogens is 2. The maximum absolute atomic E-state index is 13.3. The normalized spacial score (nSPS) is 50.7. The highest BCUT2D eigenvalue weighted by Gasteiger charge is 2.63. The molecule has 0 saturated heterocycles. The minimum absolute atomic E-state index is 0.199. The van der Waals surface area contributed by atoms with Gasteiger partial charge in [-0.05, 0) is 12.8 Å². The van der Waals surface area contributed by atoms with Crippen molar-refractivity contribution in [3.8, 4) is 0 Å². The molecule has 2 aliphatic carbocycles. The summed E-state index contributed by atoms with van der Waals surface area (Å²) in [7, 11) is 0. The van der Waals surface area contributed by atoms with Gasteiger partial charge in [0.15, 0.2) is 5.13 Å². The molecule has 0 aromatic carbocycles. The third kappa shape index (κ3) is 1.28. The molecule has 0 radical (unpaired) electrons. The Balaban J connectivity index is 1.95. The predicted octanol–water partition coefficient (Wildman–Crippen LogP) is 3.49. The van der Waals surface area contributed by atoms with Crippen LogP contribution in [0.25, 0.3) is 0 Å². The molecule has 0 aromatic heterocycles. The minimum Gasteiger partial charge on any atom is -0.226 e. The number of alkyl halides is 2. The van der Waals surface area contributed by atoms with Crippen LogP contribution in [0, 0.1) is 11.8 Å². The van der Waals surface area contributed by atoms with Gasteiger partial charge in [0.05, 0.1) is 0 Å². The first-order valence-corrected chi connectivity index (χ1v) is 4.98. The molecule has 0 nitrogen and oxygen atoms in total. The van der Waals surface area contributed by atoms with Crippen molar-refractivity contribution in [2.24, 2.45) is 11.8 Å². The van der Waals surface area contributed by atoms with Crippen molar-refractivity contribution in [3.63, 3.8) is 0 Å². The van der Waals surface area contributed by atoms with E-state index >= 15 is 0 Å². The third-order valence-electron chi connectivity index (χ3n) is 3.15. The van der Waals surface area contributed by atoms with Crippen molar-refractivity contribution in [1.29, 1.82) is 0 Å². The van der Waals surface area contributed by atoms with Crippen LogP contribution in [0.15, 0.2) is 0 Å². The van der Waals surface area contributed by atoms with Gasteiger partial charge in [-0.3, -0.25) is 0 Å². The molecular weight excluding hydrogens is 163 g/mol. The van der Waals surface area contributed by atoms with E-state index in [0.29, 0.717) is 0 Å². The fraction of sp³-hybridized carbons (Fsp3) is 1.00. The zero-order valence-corrected chi connectivity index (χ0v) is 7.41. The molecule has 0 heterocycles. The summed E-state index contributed by atoms with van der Waals surface area (Å²) in [5.74, 6) is 0.397. The van der Waals surface area contributed by atoms with Gasteiger partial charge in [0.25, 0.3) is 0 Å². The highest BCUT2D eigenvalue weighted by atomic mass is 35.5. The smallest absolute Gasteiger partial charge is 0.190 e. The molecule has 0 N–H and O–H groups in total. The molecule has 0 aromatic rings. The van der Waals surface area contributed by atoms with Crippen LogP contribution < -0.4 is 0 Å². The standard InChI is InChI=1S/C9H14ClF/c10-9(11)7-5-3-1-2-4-6-8(7)9/h7-8H,1-6H2. The average molecular weight is 177 g/mol. The van der Waals surface area contributed by atoms with E-state index in [4.69, 9.17) is 11.6 Å². The van der Waals surface area contributed by atoms with E-state index < -0.39 is 5.13 Å². The van der Waals surface area contributed by atoms with Gasteiger partial charge in [-0.25, -0.2) is 4.39 Å². The highest BCUT2D eigenvalue weighted by molar-refractivity contribution is 6.25. The van der Waals surface area contributed by atoms with Gasteiger partial charge in [0.2, 0.25) is 0 Å². The lowest BCUT2D eigenvalue weighted by molar-refractivity contribution is 0.371. The van der Waals surface area contributed by atoms with E-state index in [1.54, 1.807) is 0 Å². The monoisotopic (exact) mass is 176 g/mol. The van der Waals surface area contributed by atoms with Crippen LogP contribution in [0.5, 0.6) is 0 Å². The summed E-state index contributed by atoms with van der Waals surface area (Å²) in [4.78, 5) is 0. The second kappa shape index (κ2) is 2.62. The molecule has 64 valence electrons. The average Bonchev–Trinajstić information content (AvgIpc) is 2.29. The Labute approximate surface area is 72.1 Å². The largest absolute Gasteiger partial charge is 0.226 e. The van der Waals surface area contributed by atoms with E-state index in [1.165, 1.54) is 25.7 Å². The summed E-state index contributed by atoms with van der Waals surface area (Å²) in [6.07, 6.45) is 6.95. The molecule has 2 atom stereocenters. The van der Waals surface area contributed by atoms with Gasteiger partial charge >= 0.3 is 0 Å². The van der Waals surface area contributed by atoms with Gasteiger partial charge in [0.1, 0.15) is 0 Å². The quantitative estimate of drug-likeness (QED) is 0.496. The number of hydrogen-bond donors (Lipinski definition) is 0. The molecule has 0 aliphatic heterocycles. The van der Waals surface area contributed by atoms with Gasteiger partial charge in [-0.15, -0.1) is 0 Å². The maximum atomic E-state index is 13.3. The molecule has 0 bridgehead atoms. The molecule has 2 saturated carbocycles. The Morgan fingerprint density at radius 1 is 1.00 bits per heavy atom. The number of fused-ring (bicyclic) bond motifs is 1. The minimum atomic E-state index is -1.30. The van der Waals surface area contributed by atoms with E-state index in [1.807, 2.05) is 0 Å². The first-order chi connectivity index (χ1) is 5.23. The maximum Gasteiger partial charge on any atom is 0.190 e. The van der Waals surface area contributed by atoms with Crippen LogP contribution in [-0.4, -0.2) is 5.13 Å². The van der Waals surface area contributed by atoms with Crippen LogP contribution in [0.1, 0.15) is 38.5 Å². The van der Waals surface area contributed by atoms with Crippen LogP contribution in [0.3, 0.4) is 0 Å². The van der Waals surface area contributed by atoms with Gasteiger partial charge in [0, 0.05) is 11.8 Å². The van der Waals surface area contributed by atoms with Crippen molar-refractivity contribution < 1.29 is 4.39 Å². The van der Waals surface area contributed by atoms with Gasteiger partial charge < -0.3 is 0 Å². The summed E-state index contributed by atoms with van der Waals surface area (Å²) in [5.41, 5.74) is 0. The summed E-state index contributed by atoms with van der Waals surface area (Å²) < 4.78 is 13.3. The van der Waals surface area contributed by atoms with Crippen LogP contribution in [0.4, 0.5) is 4.39 Å². The first kappa shape index (κ1) is 7.85. The summed E-state index contributed by atoms with van der Waals surface area (Å²) in [6.45, 7) is 0. The molecule has 11 heavy (non-hydrogen) atoms. The Morgan fingerprint density at radius 3 is 1.91 bits per heavy atom. The van der Waals surface area contributed by atoms with E-state index in [9.17, 15) is 4.39 Å². The van der Waals surface area contributed by atoms with Crippen LogP contribution >= 0.6 is 11.6 Å². The lowest BCUT2D eigenvalue weighted by atomic mass is 10.0. The van der Waals surface area contributed by atoms with E-state index in [-0.39, 0.29) is 11.8 Å². The predicted molar refractivity (Wildman–Crippen MR) is 44.4 cm³/mol. The number of rotatable bonds is 0. The molecule has 2 rings (SSSR count). The van der Waals surface area contributed by atoms with Crippen molar-refractivity contribution in [2.45, 2.75) is 43.7 Å². The summed E-state index contributed by atoms with van der Waals surface area (Å²) in [6, 6.07) is 0. The van der Waals surface area contributed by atoms with Crippen molar-refractivity contribution in [3.05, 3.63) is 0 Å². The second-order valence-electron chi connectivity index (χ2n) is 3.88. The molecular formula is C9H14ClF. The van der Waals surface area contributed by atoms with Crippen molar-refractivity contribution in [2.75, 3.05) is 0 Å². The topological polar surface area (TPSA) is 0 Å². The number of hydrogen-bond acceptors (Lipinski definition) is 0. The molecule has 0 amide bonds. The Bertz CT molecular complexity index is 140. The Morgan fingerprint density at radius 2 is 1.45 bits per heavy atom. The summed E-state index contributed by atoms with van der Waals surface area (Å²) >= 11 is 5.69.